The maximum absolute atomic E-state index is 13.0. The number of likely N-dealkylation sites (tertiary alicyclic amines) is 1. The fourth-order valence-corrected chi connectivity index (χ4v) is 5.08. The molecule has 2 amide bonds. The lowest BCUT2D eigenvalue weighted by molar-refractivity contribution is -0.145. The quantitative estimate of drug-likeness (QED) is 0.829. The van der Waals surface area contributed by atoms with Crippen LogP contribution in [0.5, 0.6) is 0 Å². The van der Waals surface area contributed by atoms with Crippen LogP contribution >= 0.6 is 0 Å². The average Bonchev–Trinajstić information content (AvgIpc) is 2.54. The van der Waals surface area contributed by atoms with Gasteiger partial charge >= 0.3 is 0 Å². The van der Waals surface area contributed by atoms with Crippen molar-refractivity contribution in [2.45, 2.75) is 83.3 Å². The Morgan fingerprint density at radius 3 is 2.33 bits per heavy atom. The van der Waals surface area contributed by atoms with Crippen molar-refractivity contribution in [3.8, 4) is 0 Å². The molecule has 3 atom stereocenters. The molecule has 2 saturated carbocycles. The molecule has 0 aromatic carbocycles. The first-order valence-electron chi connectivity index (χ1n) is 9.83. The molecule has 1 aliphatic heterocycles. The Balaban J connectivity index is 1.67. The summed E-state index contributed by atoms with van der Waals surface area (Å²) >= 11 is 0. The van der Waals surface area contributed by atoms with Crippen LogP contribution in [0.3, 0.4) is 0 Å². The highest BCUT2D eigenvalue weighted by molar-refractivity contribution is 5.88. The van der Waals surface area contributed by atoms with Gasteiger partial charge in [0.05, 0.1) is 0 Å². The van der Waals surface area contributed by atoms with Gasteiger partial charge in [-0.15, -0.1) is 0 Å². The molecule has 1 heterocycles. The molecule has 136 valence electrons. The van der Waals surface area contributed by atoms with E-state index in [1.54, 1.807) is 0 Å². The minimum atomic E-state index is -0.273. The highest BCUT2D eigenvalue weighted by Gasteiger charge is 2.42. The van der Waals surface area contributed by atoms with Crippen LogP contribution in [-0.4, -0.2) is 41.4 Å². The van der Waals surface area contributed by atoms with E-state index in [0.29, 0.717) is 17.9 Å². The fraction of sp³-hybridized carbons (Fsp3) is 0.895. The van der Waals surface area contributed by atoms with Crippen molar-refractivity contribution in [1.29, 1.82) is 0 Å². The number of hydrogen-bond donors (Lipinski definition) is 2. The number of fused-ring (bicyclic) bond motifs is 2. The molecule has 3 aliphatic rings. The molecule has 0 spiro atoms. The van der Waals surface area contributed by atoms with Gasteiger partial charge in [-0.1, -0.05) is 20.3 Å². The van der Waals surface area contributed by atoms with Crippen LogP contribution in [-0.2, 0) is 9.59 Å². The van der Waals surface area contributed by atoms with Crippen molar-refractivity contribution >= 4 is 11.8 Å². The van der Waals surface area contributed by atoms with Crippen LogP contribution in [0, 0.1) is 17.8 Å². The third-order valence-electron chi connectivity index (χ3n) is 6.27. The van der Waals surface area contributed by atoms with Crippen molar-refractivity contribution < 1.29 is 9.59 Å². The van der Waals surface area contributed by atoms with Gasteiger partial charge in [0.15, 0.2) is 0 Å². The molecule has 24 heavy (non-hydrogen) atoms. The molecule has 2 bridgehead atoms. The molecule has 3 N–H and O–H groups in total. The zero-order valence-electron chi connectivity index (χ0n) is 15.2. The normalized spacial score (nSPS) is 36.5. The van der Waals surface area contributed by atoms with Gasteiger partial charge in [0.2, 0.25) is 11.8 Å². The summed E-state index contributed by atoms with van der Waals surface area (Å²) in [7, 11) is 0. The Kier molecular flexibility index (Phi) is 5.48. The Morgan fingerprint density at radius 1 is 1.04 bits per heavy atom. The molecule has 3 fully saturated rings. The third kappa shape index (κ3) is 3.61. The summed E-state index contributed by atoms with van der Waals surface area (Å²) in [6.07, 6.45) is 8.50. The van der Waals surface area contributed by atoms with Crippen LogP contribution in [0.15, 0.2) is 0 Å². The number of carbonyl (C=O) groups is 2. The number of carbonyl (C=O) groups excluding carboxylic acids is 2. The number of nitrogens with zero attached hydrogens (tertiary/aromatic N) is 1. The van der Waals surface area contributed by atoms with Crippen LogP contribution in [0.25, 0.3) is 0 Å². The number of nitrogens with two attached hydrogens (primary N) is 1. The van der Waals surface area contributed by atoms with Crippen LogP contribution < -0.4 is 11.1 Å². The highest BCUT2D eigenvalue weighted by atomic mass is 16.2. The van der Waals surface area contributed by atoms with Crippen molar-refractivity contribution in [2.75, 3.05) is 6.54 Å². The maximum Gasteiger partial charge on any atom is 0.243 e. The predicted molar refractivity (Wildman–Crippen MR) is 94.2 cm³/mol. The molecular weight excluding hydrogens is 302 g/mol. The van der Waals surface area contributed by atoms with E-state index in [9.17, 15) is 9.59 Å². The summed E-state index contributed by atoms with van der Waals surface area (Å²) in [5, 5.41) is 3.35. The van der Waals surface area contributed by atoms with E-state index < -0.39 is 0 Å². The molecule has 3 rings (SSSR count). The first kappa shape index (κ1) is 17.7. The lowest BCUT2D eigenvalue weighted by atomic mass is 9.67. The molecule has 0 aromatic heterocycles. The smallest absolute Gasteiger partial charge is 0.243 e. The molecular formula is C19H33N3O2. The molecule has 0 radical (unpaired) electrons. The Morgan fingerprint density at radius 2 is 1.71 bits per heavy atom. The second-order valence-electron chi connectivity index (χ2n) is 8.41. The lowest BCUT2D eigenvalue weighted by Gasteiger charge is -2.46. The van der Waals surface area contributed by atoms with Crippen LogP contribution in [0.2, 0.25) is 0 Å². The predicted octanol–water partition coefficient (Wildman–Crippen LogP) is 2.05. The van der Waals surface area contributed by atoms with Gasteiger partial charge in [-0.2, -0.15) is 0 Å². The molecule has 2 aliphatic carbocycles. The summed E-state index contributed by atoms with van der Waals surface area (Å²) in [6.45, 7) is 4.55. The van der Waals surface area contributed by atoms with E-state index in [1.807, 2.05) is 18.7 Å². The van der Waals surface area contributed by atoms with Crippen LogP contribution in [0.1, 0.15) is 65.2 Å². The summed E-state index contributed by atoms with van der Waals surface area (Å²) in [5.41, 5.74) is 6.19. The minimum Gasteiger partial charge on any atom is -0.351 e. The number of rotatable bonds is 3. The standard InChI is InChI=1S/C19H33N3O2/c1-12(2)19(24)22-9-4-3-8-16(22)18(23)21-17-13-6-5-7-14(17)11-15(20)10-13/h12-17H,3-11,20H2,1-2H3,(H,21,23). The van der Waals surface area contributed by atoms with E-state index in [-0.39, 0.29) is 29.8 Å². The monoisotopic (exact) mass is 335 g/mol. The number of amides is 2. The molecule has 5 heteroatoms. The number of hydrogen-bond acceptors (Lipinski definition) is 3. The van der Waals surface area contributed by atoms with E-state index in [0.717, 1.165) is 38.6 Å². The SMILES string of the molecule is CC(C)C(=O)N1CCCCC1C(=O)NC1C2CCCC1CC(N)C2. The van der Waals surface area contributed by atoms with E-state index in [1.165, 1.54) is 19.3 Å². The fourth-order valence-electron chi connectivity index (χ4n) is 5.08. The Labute approximate surface area is 145 Å². The molecule has 5 nitrogen and oxygen atoms in total. The zero-order valence-corrected chi connectivity index (χ0v) is 15.2. The van der Waals surface area contributed by atoms with Gasteiger partial charge in [0.25, 0.3) is 0 Å². The van der Waals surface area contributed by atoms with Gasteiger partial charge in [0, 0.05) is 24.5 Å². The van der Waals surface area contributed by atoms with Gasteiger partial charge in [-0.25, -0.2) is 0 Å². The Bertz CT molecular complexity index is 465. The van der Waals surface area contributed by atoms with Gasteiger partial charge in [-0.05, 0) is 56.8 Å². The zero-order chi connectivity index (χ0) is 17.3. The molecule has 0 aromatic rings. The first-order valence-corrected chi connectivity index (χ1v) is 9.83. The lowest BCUT2D eigenvalue weighted by Crippen LogP contribution is -2.59. The van der Waals surface area contributed by atoms with Gasteiger partial charge in [-0.3, -0.25) is 9.59 Å². The summed E-state index contributed by atoms with van der Waals surface area (Å²) in [4.78, 5) is 27.3. The largest absolute Gasteiger partial charge is 0.351 e. The van der Waals surface area contributed by atoms with Gasteiger partial charge < -0.3 is 16.0 Å². The third-order valence-corrected chi connectivity index (χ3v) is 6.27. The van der Waals surface area contributed by atoms with Crippen molar-refractivity contribution in [1.82, 2.24) is 10.2 Å². The molecule has 1 saturated heterocycles. The Hall–Kier alpha value is -1.10. The number of nitrogens with one attached hydrogen (secondary N) is 1. The first-order chi connectivity index (χ1) is 11.5. The van der Waals surface area contributed by atoms with Crippen molar-refractivity contribution in [2.24, 2.45) is 23.5 Å². The van der Waals surface area contributed by atoms with Crippen molar-refractivity contribution in [3.05, 3.63) is 0 Å². The summed E-state index contributed by atoms with van der Waals surface area (Å²) in [5.74, 6) is 1.18. The van der Waals surface area contributed by atoms with Crippen LogP contribution in [0.4, 0.5) is 0 Å². The van der Waals surface area contributed by atoms with Gasteiger partial charge in [0.1, 0.15) is 6.04 Å². The number of piperidine rings is 1. The second-order valence-corrected chi connectivity index (χ2v) is 8.41. The summed E-state index contributed by atoms with van der Waals surface area (Å²) < 4.78 is 0. The van der Waals surface area contributed by atoms with E-state index in [4.69, 9.17) is 5.73 Å². The maximum atomic E-state index is 13.0. The topological polar surface area (TPSA) is 75.4 Å². The van der Waals surface area contributed by atoms with E-state index >= 15 is 0 Å². The second kappa shape index (κ2) is 7.42. The van der Waals surface area contributed by atoms with Crippen molar-refractivity contribution in [3.63, 3.8) is 0 Å². The van der Waals surface area contributed by atoms with E-state index in [2.05, 4.69) is 5.32 Å². The highest BCUT2D eigenvalue weighted by Crippen LogP contribution is 2.39. The molecule has 3 unspecified atom stereocenters. The minimum absolute atomic E-state index is 0.0505. The average molecular weight is 335 g/mol. The summed E-state index contributed by atoms with van der Waals surface area (Å²) in [6, 6.07) is 0.288.